The van der Waals surface area contributed by atoms with Crippen LogP contribution < -0.4 is 20.1 Å². The Morgan fingerprint density at radius 2 is 1.95 bits per heavy atom. The van der Waals surface area contributed by atoms with Crippen LogP contribution in [0.1, 0.15) is 64.4 Å². The highest BCUT2D eigenvalue weighted by molar-refractivity contribution is 7.97. The van der Waals surface area contributed by atoms with Crippen LogP contribution in [0.15, 0.2) is 53.6 Å². The summed E-state index contributed by atoms with van der Waals surface area (Å²) in [5, 5.41) is 14.5. The van der Waals surface area contributed by atoms with Gasteiger partial charge in [-0.1, -0.05) is 6.07 Å². The highest BCUT2D eigenvalue weighted by Crippen LogP contribution is 2.59. The third-order valence-corrected chi connectivity index (χ3v) is 8.41. The molecular formula is C30H40F3N5O2S. The van der Waals surface area contributed by atoms with Gasteiger partial charge < -0.3 is 20.1 Å². The molecule has 224 valence electrons. The molecule has 1 fully saturated rings. The van der Waals surface area contributed by atoms with E-state index >= 15 is 0 Å². The maximum absolute atomic E-state index is 13.0. The second kappa shape index (κ2) is 13.4. The summed E-state index contributed by atoms with van der Waals surface area (Å²) in [5.41, 5.74) is -0.880. The van der Waals surface area contributed by atoms with Crippen molar-refractivity contribution in [3.63, 3.8) is 0 Å². The van der Waals surface area contributed by atoms with Gasteiger partial charge in [0.1, 0.15) is 17.4 Å². The lowest BCUT2D eigenvalue weighted by Crippen LogP contribution is -2.39. The molecule has 7 nitrogen and oxygen atoms in total. The van der Waals surface area contributed by atoms with E-state index in [0.29, 0.717) is 12.4 Å². The van der Waals surface area contributed by atoms with Crippen LogP contribution in [0.25, 0.3) is 0 Å². The number of benzene rings is 1. The molecule has 1 unspecified atom stereocenters. The number of rotatable bonds is 10. The maximum Gasteiger partial charge on any atom is 0.394 e. The lowest BCUT2D eigenvalue weighted by Gasteiger charge is -2.32. The first-order valence-corrected chi connectivity index (χ1v) is 14.9. The van der Waals surface area contributed by atoms with E-state index in [4.69, 9.17) is 19.9 Å². The van der Waals surface area contributed by atoms with Crippen molar-refractivity contribution in [2.75, 3.05) is 23.8 Å². The first-order valence-electron chi connectivity index (χ1n) is 14.1. The number of nitrogens with one attached hydrogen (secondary N) is 4. The van der Waals surface area contributed by atoms with Gasteiger partial charge >= 0.3 is 6.18 Å². The van der Waals surface area contributed by atoms with Crippen LogP contribution in [0, 0.1) is 17.7 Å². The third-order valence-electron chi connectivity index (χ3n) is 7.45. The molecule has 11 heteroatoms. The van der Waals surface area contributed by atoms with Gasteiger partial charge in [0.2, 0.25) is 5.90 Å². The third kappa shape index (κ3) is 9.29. The molecule has 1 aliphatic carbocycles. The van der Waals surface area contributed by atoms with Crippen LogP contribution in [0.5, 0.6) is 5.75 Å². The Morgan fingerprint density at radius 1 is 1.20 bits per heavy atom. The molecular weight excluding hydrogens is 551 g/mol. The number of pyridine rings is 1. The molecule has 1 aromatic carbocycles. The average molecular weight is 592 g/mol. The lowest BCUT2D eigenvalue weighted by atomic mass is 9.92. The van der Waals surface area contributed by atoms with Crippen molar-refractivity contribution in [1.29, 1.82) is 5.41 Å². The van der Waals surface area contributed by atoms with E-state index in [1.165, 1.54) is 12.3 Å². The van der Waals surface area contributed by atoms with Gasteiger partial charge in [-0.2, -0.15) is 13.2 Å². The molecule has 0 amide bonds. The van der Waals surface area contributed by atoms with Gasteiger partial charge in [0.25, 0.3) is 0 Å². The topological polar surface area (TPSA) is 91.3 Å². The Morgan fingerprint density at radius 3 is 2.66 bits per heavy atom. The molecule has 2 aromatic rings. The van der Waals surface area contributed by atoms with Crippen molar-refractivity contribution in [1.82, 2.24) is 9.71 Å². The highest BCUT2D eigenvalue weighted by atomic mass is 32.2. The van der Waals surface area contributed by atoms with Gasteiger partial charge in [0.15, 0.2) is 0 Å². The number of halogens is 3. The first-order chi connectivity index (χ1) is 19.4. The zero-order valence-electron chi connectivity index (χ0n) is 23.9. The number of hydrogen-bond acceptors (Lipinski definition) is 8. The molecule has 2 aliphatic heterocycles. The minimum absolute atomic E-state index is 0.124. The lowest BCUT2D eigenvalue weighted by molar-refractivity contribution is -0.190. The Kier molecular flexibility index (Phi) is 10.1. The van der Waals surface area contributed by atoms with Crippen LogP contribution in [-0.2, 0) is 4.74 Å². The van der Waals surface area contributed by atoms with Gasteiger partial charge in [-0.15, -0.1) is 0 Å². The van der Waals surface area contributed by atoms with Crippen molar-refractivity contribution in [3.8, 4) is 5.75 Å². The molecule has 1 aromatic heterocycles. The molecule has 4 N–H and O–H groups in total. The van der Waals surface area contributed by atoms with Crippen LogP contribution in [0.3, 0.4) is 0 Å². The summed E-state index contributed by atoms with van der Waals surface area (Å²) < 4.78 is 53.8. The average Bonchev–Trinajstić information content (AvgIpc) is 3.69. The van der Waals surface area contributed by atoms with Crippen LogP contribution in [-0.4, -0.2) is 41.9 Å². The van der Waals surface area contributed by atoms with Gasteiger partial charge in [0.05, 0.1) is 18.6 Å². The summed E-state index contributed by atoms with van der Waals surface area (Å²) in [4.78, 5) is 5.86. The highest BCUT2D eigenvalue weighted by Gasteiger charge is 2.62. The SMILES string of the molecule is Cc1ccc(N/C=C\C(=N)OCCC2(C(F)(F)F)CC2)nc1NC(C)(C)CC1CCCCOc2ccc(cc2)SN1. The predicted octanol–water partition coefficient (Wildman–Crippen LogP) is 7.85. The summed E-state index contributed by atoms with van der Waals surface area (Å²) in [6, 6.07) is 12.2. The van der Waals surface area contributed by atoms with E-state index in [1.807, 2.05) is 31.2 Å². The summed E-state index contributed by atoms with van der Waals surface area (Å²) in [7, 11) is 0. The zero-order valence-corrected chi connectivity index (χ0v) is 24.7. The number of nitrogens with zero attached hydrogens (tertiary/aromatic N) is 1. The molecule has 3 aliphatic rings. The first kappa shape index (κ1) is 31.0. The predicted molar refractivity (Wildman–Crippen MR) is 159 cm³/mol. The summed E-state index contributed by atoms with van der Waals surface area (Å²) >= 11 is 1.64. The largest absolute Gasteiger partial charge is 0.494 e. The van der Waals surface area contributed by atoms with Crippen LogP contribution in [0.4, 0.5) is 24.8 Å². The Hall–Kier alpha value is -2.92. The molecule has 0 radical (unpaired) electrons. The normalized spacial score (nSPS) is 19.1. The number of anilines is 2. The van der Waals surface area contributed by atoms with E-state index in [9.17, 15) is 13.2 Å². The molecule has 3 heterocycles. The second-order valence-corrected chi connectivity index (χ2v) is 12.4. The molecule has 1 saturated carbocycles. The molecule has 1 atom stereocenters. The number of aromatic nitrogens is 1. The minimum Gasteiger partial charge on any atom is -0.494 e. The standard InChI is InChI=1S/C30H40F3N5O2S/c1-21-7-12-26(35-17-13-25(34)40-19-16-29(14-15-29)30(31,32)33)36-27(21)37-28(2,3)20-22-6-4-5-18-39-23-8-10-24(11-9-23)41-38-22/h7-13,17,22,34,38H,4-6,14-16,18-20H2,1-3H3,(H2,35,36,37)/b17-13-,34-25?. The molecule has 0 spiro atoms. The van der Waals surface area contributed by atoms with Gasteiger partial charge in [-0.3, -0.25) is 10.1 Å². The van der Waals surface area contributed by atoms with Crippen molar-refractivity contribution in [2.45, 2.75) is 88.4 Å². The van der Waals surface area contributed by atoms with Crippen molar-refractivity contribution in [2.24, 2.45) is 5.41 Å². The Balaban J connectivity index is 1.28. The summed E-state index contributed by atoms with van der Waals surface area (Å²) in [6.45, 7) is 6.90. The molecule has 41 heavy (non-hydrogen) atoms. The van der Waals surface area contributed by atoms with E-state index in [1.54, 1.807) is 11.9 Å². The number of fused-ring (bicyclic) bond motifs is 9. The van der Waals surface area contributed by atoms with Gasteiger partial charge in [0, 0.05) is 28.8 Å². The number of aryl methyl sites for hydroxylation is 1. The molecule has 2 bridgehead atoms. The Bertz CT molecular complexity index is 1200. The number of ether oxygens (including phenoxy) is 2. The van der Waals surface area contributed by atoms with Crippen molar-refractivity contribution < 1.29 is 22.6 Å². The van der Waals surface area contributed by atoms with E-state index in [0.717, 1.165) is 47.7 Å². The number of hydrogen-bond donors (Lipinski definition) is 4. The maximum atomic E-state index is 13.0. The molecule has 5 rings (SSSR count). The summed E-state index contributed by atoms with van der Waals surface area (Å²) in [5.74, 6) is 2.04. The van der Waals surface area contributed by atoms with Crippen LogP contribution >= 0.6 is 11.9 Å². The fraction of sp³-hybridized carbons (Fsp3) is 0.533. The minimum atomic E-state index is -4.21. The van der Waals surface area contributed by atoms with Gasteiger partial charge in [-0.25, -0.2) is 4.98 Å². The monoisotopic (exact) mass is 591 g/mol. The Labute approximate surface area is 244 Å². The summed E-state index contributed by atoms with van der Waals surface area (Å²) in [6.07, 6.45) is 2.79. The second-order valence-electron chi connectivity index (χ2n) is 11.5. The van der Waals surface area contributed by atoms with Crippen molar-refractivity contribution in [3.05, 3.63) is 54.2 Å². The fourth-order valence-corrected chi connectivity index (χ4v) is 5.57. The number of alkyl halides is 3. The van der Waals surface area contributed by atoms with Gasteiger partial charge in [-0.05, 0) is 114 Å². The van der Waals surface area contributed by atoms with E-state index in [-0.39, 0.29) is 43.3 Å². The quantitative estimate of drug-likeness (QED) is 0.127. The molecule has 0 saturated heterocycles. The van der Waals surface area contributed by atoms with Crippen molar-refractivity contribution >= 4 is 29.5 Å². The van der Waals surface area contributed by atoms with Crippen LogP contribution in [0.2, 0.25) is 0 Å². The van der Waals surface area contributed by atoms with E-state index < -0.39 is 11.6 Å². The smallest absolute Gasteiger partial charge is 0.394 e. The van der Waals surface area contributed by atoms with E-state index in [2.05, 4.69) is 41.3 Å². The fourth-order valence-electron chi connectivity index (χ4n) is 4.80. The zero-order chi connectivity index (χ0) is 29.5.